The summed E-state index contributed by atoms with van der Waals surface area (Å²) in [5.74, 6) is 0.0226. The number of hydrogen-bond acceptors (Lipinski definition) is 2. The Morgan fingerprint density at radius 1 is 1.29 bits per heavy atom. The van der Waals surface area contributed by atoms with Crippen molar-refractivity contribution in [3.05, 3.63) is 36.4 Å². The first-order valence-corrected chi connectivity index (χ1v) is 7.92. The molecule has 0 heterocycles. The maximum Gasteiger partial charge on any atom is 0.573 e. The van der Waals surface area contributed by atoms with Gasteiger partial charge in [-0.25, -0.2) is 0 Å². The average Bonchev–Trinajstić information content (AvgIpc) is 3.00. The summed E-state index contributed by atoms with van der Waals surface area (Å²) in [6.45, 7) is 8.42. The summed E-state index contributed by atoms with van der Waals surface area (Å²) in [4.78, 5) is 12.8. The minimum Gasteiger partial charge on any atom is -0.406 e. The number of ether oxygens (including phenoxy) is 1. The molecule has 0 radical (unpaired) electrons. The molecule has 3 nitrogen and oxygen atoms in total. The van der Waals surface area contributed by atoms with Crippen LogP contribution in [0.1, 0.15) is 33.1 Å². The summed E-state index contributed by atoms with van der Waals surface area (Å²) in [7, 11) is 0. The highest BCUT2D eigenvalue weighted by atomic mass is 19.4. The lowest BCUT2D eigenvalue weighted by Gasteiger charge is -2.37. The monoisotopic (exact) mass is 339 g/mol. The smallest absolute Gasteiger partial charge is 0.406 e. The summed E-state index contributed by atoms with van der Waals surface area (Å²) in [5, 5.41) is 2.82. The van der Waals surface area contributed by atoms with Gasteiger partial charge < -0.3 is 10.1 Å². The van der Waals surface area contributed by atoms with Gasteiger partial charge in [0.15, 0.2) is 0 Å². The molecule has 24 heavy (non-hydrogen) atoms. The Morgan fingerprint density at radius 3 is 2.42 bits per heavy atom. The lowest BCUT2D eigenvalue weighted by Crippen LogP contribution is -2.37. The molecular formula is C18H20F3NO2. The molecule has 2 unspecified atom stereocenters. The number of carbonyl (C=O) groups is 1. The van der Waals surface area contributed by atoms with Crippen molar-refractivity contribution in [3.63, 3.8) is 0 Å². The fourth-order valence-corrected chi connectivity index (χ4v) is 4.13. The van der Waals surface area contributed by atoms with E-state index in [9.17, 15) is 18.0 Å². The van der Waals surface area contributed by atoms with E-state index in [2.05, 4.69) is 30.5 Å². The summed E-state index contributed by atoms with van der Waals surface area (Å²) in [6, 6.07) is 5.19. The van der Waals surface area contributed by atoms with Crippen LogP contribution in [0.4, 0.5) is 18.9 Å². The van der Waals surface area contributed by atoms with Crippen LogP contribution in [0.15, 0.2) is 36.4 Å². The van der Waals surface area contributed by atoms with Crippen LogP contribution in [0.5, 0.6) is 5.75 Å². The molecular weight excluding hydrogens is 319 g/mol. The molecule has 0 aliphatic heterocycles. The van der Waals surface area contributed by atoms with Crippen molar-refractivity contribution in [2.75, 3.05) is 5.32 Å². The zero-order valence-electron chi connectivity index (χ0n) is 13.7. The van der Waals surface area contributed by atoms with Gasteiger partial charge >= 0.3 is 6.36 Å². The van der Waals surface area contributed by atoms with Crippen molar-refractivity contribution in [1.82, 2.24) is 0 Å². The third-order valence-corrected chi connectivity index (χ3v) is 5.67. The first kappa shape index (κ1) is 16.9. The van der Waals surface area contributed by atoms with Crippen LogP contribution in [-0.4, -0.2) is 12.3 Å². The molecule has 2 atom stereocenters. The summed E-state index contributed by atoms with van der Waals surface area (Å²) >= 11 is 0. The normalized spacial score (nSPS) is 28.0. The minimum absolute atomic E-state index is 0.0556. The molecule has 2 saturated carbocycles. The predicted molar refractivity (Wildman–Crippen MR) is 84.4 cm³/mol. The largest absolute Gasteiger partial charge is 0.573 e. The predicted octanol–water partition coefficient (Wildman–Crippen LogP) is 4.91. The number of amides is 1. The maximum atomic E-state index is 12.8. The molecule has 6 heteroatoms. The standard InChI is InChI=1S/C18H20F3NO2/c1-11-16(2,3)12-8-9-17(11,10-12)15(23)22-13-4-6-14(7-5-13)24-18(19,20)21/h4-7,12H,1,8-10H2,2-3H3,(H,22,23). The summed E-state index contributed by atoms with van der Waals surface area (Å²) in [6.07, 6.45) is -2.16. The van der Waals surface area contributed by atoms with Crippen molar-refractivity contribution in [3.8, 4) is 5.75 Å². The quantitative estimate of drug-likeness (QED) is 0.795. The van der Waals surface area contributed by atoms with Crippen LogP contribution in [-0.2, 0) is 4.79 Å². The molecule has 0 spiro atoms. The second kappa shape index (κ2) is 5.26. The fraction of sp³-hybridized carbons (Fsp3) is 0.500. The summed E-state index contributed by atoms with van der Waals surface area (Å²) < 4.78 is 40.3. The number of rotatable bonds is 3. The lowest BCUT2D eigenvalue weighted by atomic mass is 9.68. The van der Waals surface area contributed by atoms with E-state index >= 15 is 0 Å². The molecule has 2 aliphatic rings. The van der Waals surface area contributed by atoms with Crippen molar-refractivity contribution < 1.29 is 22.7 Å². The van der Waals surface area contributed by atoms with Gasteiger partial charge in [0.2, 0.25) is 5.91 Å². The van der Waals surface area contributed by atoms with Crippen LogP contribution in [0.3, 0.4) is 0 Å². The number of benzene rings is 1. The van der Waals surface area contributed by atoms with Gasteiger partial charge in [-0.05, 0) is 54.9 Å². The third kappa shape index (κ3) is 2.68. The highest BCUT2D eigenvalue weighted by molar-refractivity contribution is 5.98. The molecule has 2 aliphatic carbocycles. The number of nitrogens with one attached hydrogen (secondary N) is 1. The Morgan fingerprint density at radius 2 is 1.92 bits per heavy atom. The zero-order chi connectivity index (χ0) is 17.8. The van der Waals surface area contributed by atoms with Crippen molar-refractivity contribution in [2.24, 2.45) is 16.7 Å². The highest BCUT2D eigenvalue weighted by Gasteiger charge is 2.60. The topological polar surface area (TPSA) is 38.3 Å². The van der Waals surface area contributed by atoms with E-state index in [0.29, 0.717) is 11.6 Å². The van der Waals surface area contributed by atoms with Gasteiger partial charge in [0, 0.05) is 5.69 Å². The summed E-state index contributed by atoms with van der Waals surface area (Å²) in [5.41, 5.74) is 0.792. The Balaban J connectivity index is 1.73. The van der Waals surface area contributed by atoms with E-state index in [1.807, 2.05) is 0 Å². The molecule has 3 rings (SSSR count). The highest BCUT2D eigenvalue weighted by Crippen LogP contribution is 2.65. The number of anilines is 1. The number of fused-ring (bicyclic) bond motifs is 2. The Kier molecular flexibility index (Phi) is 3.70. The first-order valence-electron chi connectivity index (χ1n) is 7.92. The van der Waals surface area contributed by atoms with Gasteiger partial charge in [0.05, 0.1) is 5.41 Å². The number of alkyl halides is 3. The van der Waals surface area contributed by atoms with Gasteiger partial charge in [0.25, 0.3) is 0 Å². The molecule has 1 aromatic carbocycles. The van der Waals surface area contributed by atoms with Crippen LogP contribution < -0.4 is 10.1 Å². The van der Waals surface area contributed by atoms with Crippen molar-refractivity contribution >= 4 is 11.6 Å². The minimum atomic E-state index is -4.73. The van der Waals surface area contributed by atoms with Gasteiger partial charge in [-0.2, -0.15) is 0 Å². The van der Waals surface area contributed by atoms with Crippen LogP contribution >= 0.6 is 0 Å². The van der Waals surface area contributed by atoms with E-state index in [1.165, 1.54) is 24.3 Å². The lowest BCUT2D eigenvalue weighted by molar-refractivity contribution is -0.274. The Hall–Kier alpha value is -1.98. The van der Waals surface area contributed by atoms with Crippen molar-refractivity contribution in [1.29, 1.82) is 0 Å². The molecule has 2 bridgehead atoms. The average molecular weight is 339 g/mol. The molecule has 1 N–H and O–H groups in total. The second-order valence-corrected chi connectivity index (χ2v) is 7.25. The van der Waals surface area contributed by atoms with Crippen LogP contribution in [0.25, 0.3) is 0 Å². The second-order valence-electron chi connectivity index (χ2n) is 7.25. The molecule has 2 fully saturated rings. The fourth-order valence-electron chi connectivity index (χ4n) is 4.13. The molecule has 0 aromatic heterocycles. The van der Waals surface area contributed by atoms with Gasteiger partial charge in [-0.1, -0.05) is 26.0 Å². The van der Waals surface area contributed by atoms with Gasteiger partial charge in [0.1, 0.15) is 5.75 Å². The number of carbonyl (C=O) groups excluding carboxylic acids is 1. The number of hydrogen-bond donors (Lipinski definition) is 1. The van der Waals surface area contributed by atoms with Gasteiger partial charge in [-0.3, -0.25) is 4.79 Å². The zero-order valence-corrected chi connectivity index (χ0v) is 13.7. The molecule has 1 amide bonds. The van der Waals surface area contributed by atoms with E-state index < -0.39 is 11.8 Å². The van der Waals surface area contributed by atoms with Crippen molar-refractivity contribution in [2.45, 2.75) is 39.5 Å². The molecule has 1 aromatic rings. The number of halogens is 3. The Bertz CT molecular complexity index is 678. The Labute approximate surface area is 138 Å². The van der Waals surface area contributed by atoms with Crippen LogP contribution in [0.2, 0.25) is 0 Å². The molecule has 0 saturated heterocycles. The molecule has 130 valence electrons. The van der Waals surface area contributed by atoms with E-state index in [4.69, 9.17) is 0 Å². The third-order valence-electron chi connectivity index (χ3n) is 5.67. The van der Waals surface area contributed by atoms with Gasteiger partial charge in [-0.15, -0.1) is 13.2 Å². The van der Waals surface area contributed by atoms with E-state index in [-0.39, 0.29) is 17.1 Å². The van der Waals surface area contributed by atoms with E-state index in [1.54, 1.807) is 0 Å². The first-order chi connectivity index (χ1) is 11.0. The maximum absolute atomic E-state index is 12.8. The van der Waals surface area contributed by atoms with Crippen LogP contribution in [0, 0.1) is 16.7 Å². The SMILES string of the molecule is C=C1C2(C(=O)Nc3ccc(OC(F)(F)F)cc3)CCC(C2)C1(C)C. The van der Waals surface area contributed by atoms with E-state index in [0.717, 1.165) is 24.8 Å².